The number of ether oxygens (including phenoxy) is 1. The van der Waals surface area contributed by atoms with Gasteiger partial charge in [0.05, 0.1) is 5.02 Å². The molecular weight excluding hydrogens is 487 g/mol. The number of rotatable bonds is 6. The third-order valence-electron chi connectivity index (χ3n) is 5.87. The Hall–Kier alpha value is -2.42. The lowest BCUT2D eigenvalue weighted by Gasteiger charge is -2.51. The van der Waals surface area contributed by atoms with Crippen molar-refractivity contribution in [3.05, 3.63) is 64.1 Å². The number of hydrogen-bond donors (Lipinski definition) is 2. The summed E-state index contributed by atoms with van der Waals surface area (Å²) in [6.45, 7) is 5.17. The molecule has 2 aliphatic heterocycles. The minimum absolute atomic E-state index is 0.241. The highest BCUT2D eigenvalue weighted by Gasteiger charge is 2.70. The Labute approximate surface area is 205 Å². The maximum Gasteiger partial charge on any atom is 0.327 e. The first-order valence-corrected chi connectivity index (χ1v) is 11.8. The molecule has 2 heterocycles. The number of carboxylic acid groups (broad SMARTS) is 1. The van der Waals surface area contributed by atoms with Gasteiger partial charge in [0.15, 0.2) is 0 Å². The molecule has 0 radical (unpaired) electrons. The van der Waals surface area contributed by atoms with Crippen LogP contribution in [0.15, 0.2) is 48.5 Å². The van der Waals surface area contributed by atoms with Gasteiger partial charge in [0.25, 0.3) is 11.8 Å². The van der Waals surface area contributed by atoms with Gasteiger partial charge in [-0.1, -0.05) is 53.5 Å². The SMILES string of the molecule is CC1(C)S[C@H]2N(C(=O)[C@]2(C)NC(=O)C(Oc2ccc(Cl)cc2Cl)c2ccccc2)[C@H]1C(=O)O. The van der Waals surface area contributed by atoms with E-state index < -0.39 is 45.6 Å². The average molecular weight is 509 g/mol. The van der Waals surface area contributed by atoms with Crippen LogP contribution in [0.5, 0.6) is 5.75 Å². The summed E-state index contributed by atoms with van der Waals surface area (Å²) >= 11 is 13.6. The summed E-state index contributed by atoms with van der Waals surface area (Å²) in [6.07, 6.45) is -1.10. The number of nitrogens with zero attached hydrogens (tertiary/aromatic N) is 1. The average Bonchev–Trinajstić information content (AvgIpc) is 3.03. The second-order valence-corrected chi connectivity index (χ2v) is 11.3. The smallest absolute Gasteiger partial charge is 0.327 e. The van der Waals surface area contributed by atoms with E-state index in [0.29, 0.717) is 10.6 Å². The molecular formula is C23H22Cl2N2O5S. The van der Waals surface area contributed by atoms with Crippen LogP contribution >= 0.6 is 35.0 Å². The van der Waals surface area contributed by atoms with E-state index in [9.17, 15) is 19.5 Å². The van der Waals surface area contributed by atoms with Crippen LogP contribution in [0.25, 0.3) is 0 Å². The molecule has 2 N–H and O–H groups in total. The maximum absolute atomic E-state index is 13.4. The molecule has 4 rings (SSSR count). The van der Waals surface area contributed by atoms with Gasteiger partial charge in [-0.25, -0.2) is 4.79 Å². The monoisotopic (exact) mass is 508 g/mol. The Morgan fingerprint density at radius 1 is 1.15 bits per heavy atom. The lowest BCUT2D eigenvalue weighted by Crippen LogP contribution is -2.78. The number of carbonyl (C=O) groups excluding carboxylic acids is 2. The van der Waals surface area contributed by atoms with Gasteiger partial charge in [0.1, 0.15) is 22.7 Å². The van der Waals surface area contributed by atoms with Crippen molar-refractivity contribution in [3.8, 4) is 5.75 Å². The van der Waals surface area contributed by atoms with E-state index in [1.807, 2.05) is 6.07 Å². The summed E-state index contributed by atoms with van der Waals surface area (Å²) in [7, 11) is 0. The van der Waals surface area contributed by atoms with Crippen LogP contribution in [0.3, 0.4) is 0 Å². The zero-order valence-electron chi connectivity index (χ0n) is 18.0. The standard InChI is InChI=1S/C23H22Cl2N2O5S/c1-22(2)17(19(29)30)27-20(31)23(3,21(27)33-22)26-18(28)16(12-7-5-4-6-8-12)32-15-10-9-13(24)11-14(15)25/h4-11,16-17,21H,1-3H3,(H,26,28)(H,29,30)/t16?,17-,21+,23-/m0/s1. The van der Waals surface area contributed by atoms with Crippen molar-refractivity contribution in [3.63, 3.8) is 0 Å². The van der Waals surface area contributed by atoms with Crippen LogP contribution in [-0.4, -0.2) is 49.5 Å². The summed E-state index contributed by atoms with van der Waals surface area (Å²) in [6, 6.07) is 12.5. The molecule has 2 aromatic rings. The molecule has 2 aliphatic rings. The molecule has 1 unspecified atom stereocenters. The Morgan fingerprint density at radius 3 is 2.42 bits per heavy atom. The van der Waals surface area contributed by atoms with E-state index >= 15 is 0 Å². The molecule has 0 aromatic heterocycles. The molecule has 2 fully saturated rings. The van der Waals surface area contributed by atoms with Crippen LogP contribution in [-0.2, 0) is 14.4 Å². The number of nitrogens with one attached hydrogen (secondary N) is 1. The minimum atomic E-state index is -1.27. The van der Waals surface area contributed by atoms with Gasteiger partial charge in [-0.2, -0.15) is 0 Å². The number of β-lactam (4-membered cyclic amide) rings is 1. The highest BCUT2D eigenvalue weighted by atomic mass is 35.5. The number of aliphatic carboxylic acids is 1. The first-order valence-electron chi connectivity index (χ1n) is 10.2. The van der Waals surface area contributed by atoms with E-state index in [0.717, 1.165) is 0 Å². The molecule has 4 atom stereocenters. The second kappa shape index (κ2) is 8.42. The highest BCUT2D eigenvalue weighted by molar-refractivity contribution is 8.01. The summed E-state index contributed by atoms with van der Waals surface area (Å²) < 4.78 is 5.27. The second-order valence-electron chi connectivity index (χ2n) is 8.70. The third-order valence-corrected chi connectivity index (χ3v) is 8.16. The van der Waals surface area contributed by atoms with Crippen molar-refractivity contribution < 1.29 is 24.2 Å². The fourth-order valence-electron chi connectivity index (χ4n) is 4.26. The molecule has 0 spiro atoms. The van der Waals surface area contributed by atoms with Crippen molar-refractivity contribution in [2.45, 2.75) is 48.6 Å². The van der Waals surface area contributed by atoms with E-state index in [1.54, 1.807) is 57.2 Å². The fourth-order valence-corrected chi connectivity index (χ4v) is 6.36. The third kappa shape index (κ3) is 4.05. The Kier molecular flexibility index (Phi) is 6.05. The first-order chi connectivity index (χ1) is 15.5. The molecule has 0 bridgehead atoms. The fraction of sp³-hybridized carbons (Fsp3) is 0.348. The maximum atomic E-state index is 13.4. The van der Waals surface area contributed by atoms with Crippen LogP contribution in [0.4, 0.5) is 0 Å². The summed E-state index contributed by atoms with van der Waals surface area (Å²) in [5.41, 5.74) is -0.709. The van der Waals surface area contributed by atoms with Gasteiger partial charge in [-0.05, 0) is 39.0 Å². The van der Waals surface area contributed by atoms with Crippen LogP contribution in [0, 0.1) is 0 Å². The number of carbonyl (C=O) groups is 3. The van der Waals surface area contributed by atoms with E-state index in [2.05, 4.69) is 5.32 Å². The lowest BCUT2D eigenvalue weighted by molar-refractivity contribution is -0.168. The predicted octanol–water partition coefficient (Wildman–Crippen LogP) is 4.14. The van der Waals surface area contributed by atoms with Crippen molar-refractivity contribution in [2.24, 2.45) is 0 Å². The highest BCUT2D eigenvalue weighted by Crippen LogP contribution is 2.54. The summed E-state index contributed by atoms with van der Waals surface area (Å²) in [4.78, 5) is 39.7. The van der Waals surface area contributed by atoms with Gasteiger partial charge in [-0.3, -0.25) is 9.59 Å². The van der Waals surface area contributed by atoms with Crippen molar-refractivity contribution >= 4 is 52.7 Å². The molecule has 0 saturated carbocycles. The number of thioether (sulfide) groups is 1. The largest absolute Gasteiger partial charge is 0.480 e. The zero-order chi connectivity index (χ0) is 24.1. The Morgan fingerprint density at radius 2 is 1.82 bits per heavy atom. The molecule has 2 saturated heterocycles. The number of carboxylic acids is 1. The van der Waals surface area contributed by atoms with Gasteiger partial charge >= 0.3 is 5.97 Å². The number of amides is 2. The summed E-state index contributed by atoms with van der Waals surface area (Å²) in [5.74, 6) is -1.79. The van der Waals surface area contributed by atoms with Crippen molar-refractivity contribution in [1.82, 2.24) is 10.2 Å². The van der Waals surface area contributed by atoms with Gasteiger partial charge in [-0.15, -0.1) is 11.8 Å². The molecule has 7 nitrogen and oxygen atoms in total. The molecule has 33 heavy (non-hydrogen) atoms. The molecule has 2 amide bonds. The molecule has 10 heteroatoms. The predicted molar refractivity (Wildman–Crippen MR) is 127 cm³/mol. The van der Waals surface area contributed by atoms with Crippen LogP contribution < -0.4 is 10.1 Å². The van der Waals surface area contributed by atoms with Gasteiger partial charge in [0, 0.05) is 15.3 Å². The molecule has 174 valence electrons. The van der Waals surface area contributed by atoms with E-state index in [-0.39, 0.29) is 10.8 Å². The van der Waals surface area contributed by atoms with Gasteiger partial charge in [0.2, 0.25) is 6.10 Å². The first kappa shape index (κ1) is 23.7. The van der Waals surface area contributed by atoms with E-state index in [1.165, 1.54) is 22.7 Å². The normalized spacial score (nSPS) is 26.2. The Balaban J connectivity index is 1.61. The summed E-state index contributed by atoms with van der Waals surface area (Å²) in [5, 5.41) is 12.6. The number of hydrogen-bond acceptors (Lipinski definition) is 5. The molecule has 0 aliphatic carbocycles. The van der Waals surface area contributed by atoms with Crippen molar-refractivity contribution in [1.29, 1.82) is 0 Å². The van der Waals surface area contributed by atoms with Crippen molar-refractivity contribution in [2.75, 3.05) is 0 Å². The Bertz CT molecular complexity index is 1130. The molecule has 2 aromatic carbocycles. The number of fused-ring (bicyclic) bond motifs is 1. The van der Waals surface area contributed by atoms with Crippen LogP contribution in [0.1, 0.15) is 32.4 Å². The van der Waals surface area contributed by atoms with Crippen LogP contribution in [0.2, 0.25) is 10.0 Å². The number of benzene rings is 2. The lowest BCUT2D eigenvalue weighted by atomic mass is 9.86. The topological polar surface area (TPSA) is 95.9 Å². The quantitative estimate of drug-likeness (QED) is 0.569. The zero-order valence-corrected chi connectivity index (χ0v) is 20.4. The number of halogens is 2. The minimum Gasteiger partial charge on any atom is -0.480 e. The van der Waals surface area contributed by atoms with E-state index in [4.69, 9.17) is 27.9 Å². The van der Waals surface area contributed by atoms with Gasteiger partial charge < -0.3 is 20.1 Å².